The standard InChI is InChI=1S/C17H20O6/c1-5-17-6-11(22-10(4)18)12-8(2)16(20)23-14(12)13(17)9(3)15(19)21-7-17/h11-14H,2-3,5-7H2,1,4H3/t11-,12-,13-,14+,17-/m1/s1. The maximum Gasteiger partial charge on any atom is 0.334 e. The van der Waals surface area contributed by atoms with Gasteiger partial charge in [-0.2, -0.15) is 0 Å². The van der Waals surface area contributed by atoms with Crippen molar-refractivity contribution >= 4 is 17.9 Å². The van der Waals surface area contributed by atoms with E-state index in [0.717, 1.165) is 0 Å². The van der Waals surface area contributed by atoms with Gasteiger partial charge in [-0.15, -0.1) is 0 Å². The third-order valence-electron chi connectivity index (χ3n) is 5.41. The zero-order valence-electron chi connectivity index (χ0n) is 13.3. The molecule has 2 aliphatic heterocycles. The molecule has 2 heterocycles. The third kappa shape index (κ3) is 2.19. The highest BCUT2D eigenvalue weighted by Crippen LogP contribution is 2.56. The summed E-state index contributed by atoms with van der Waals surface area (Å²) in [6, 6.07) is 0. The van der Waals surface area contributed by atoms with Crippen LogP contribution in [0.2, 0.25) is 0 Å². The Hall–Kier alpha value is -2.11. The molecule has 3 aliphatic rings. The minimum atomic E-state index is -0.589. The van der Waals surface area contributed by atoms with Crippen LogP contribution in [0, 0.1) is 17.3 Å². The molecule has 0 spiro atoms. The lowest BCUT2D eigenvalue weighted by Gasteiger charge is -2.52. The molecule has 0 amide bonds. The highest BCUT2D eigenvalue weighted by Gasteiger charge is 2.63. The van der Waals surface area contributed by atoms with Crippen LogP contribution in [0.1, 0.15) is 26.7 Å². The molecule has 1 aliphatic carbocycles. The highest BCUT2D eigenvalue weighted by molar-refractivity contribution is 5.93. The van der Waals surface area contributed by atoms with Crippen molar-refractivity contribution in [1.29, 1.82) is 0 Å². The van der Waals surface area contributed by atoms with E-state index >= 15 is 0 Å². The molecule has 6 nitrogen and oxygen atoms in total. The van der Waals surface area contributed by atoms with Gasteiger partial charge in [0.1, 0.15) is 12.2 Å². The van der Waals surface area contributed by atoms with Gasteiger partial charge in [0.05, 0.1) is 12.5 Å². The van der Waals surface area contributed by atoms with Crippen LogP contribution in [0.15, 0.2) is 24.3 Å². The molecule has 0 unspecified atom stereocenters. The zero-order valence-corrected chi connectivity index (χ0v) is 13.3. The van der Waals surface area contributed by atoms with E-state index in [4.69, 9.17) is 14.2 Å². The van der Waals surface area contributed by atoms with Crippen LogP contribution in [0.4, 0.5) is 0 Å². The molecule has 0 aromatic heterocycles. The lowest BCUT2D eigenvalue weighted by Crippen LogP contribution is -2.58. The first-order chi connectivity index (χ1) is 10.8. The van der Waals surface area contributed by atoms with Gasteiger partial charge in [0.2, 0.25) is 0 Å². The SMILES string of the molecule is C=C1C(=O)O[C@H]2[C@H]1[C@H](OC(C)=O)C[C@]1(CC)COC(=O)C(=C)[C@H]21. The van der Waals surface area contributed by atoms with Gasteiger partial charge in [-0.05, 0) is 12.8 Å². The second kappa shape index (κ2) is 5.22. The summed E-state index contributed by atoms with van der Waals surface area (Å²) >= 11 is 0. The van der Waals surface area contributed by atoms with E-state index in [9.17, 15) is 14.4 Å². The first-order valence-corrected chi connectivity index (χ1v) is 7.73. The van der Waals surface area contributed by atoms with E-state index in [1.54, 1.807) is 0 Å². The molecule has 1 saturated carbocycles. The summed E-state index contributed by atoms with van der Waals surface area (Å²) in [4.78, 5) is 35.4. The number of carbonyl (C=O) groups is 3. The van der Waals surface area contributed by atoms with E-state index in [-0.39, 0.29) is 18.1 Å². The molecule has 3 fully saturated rings. The Balaban J connectivity index is 2.06. The van der Waals surface area contributed by atoms with Crippen molar-refractivity contribution in [2.24, 2.45) is 17.3 Å². The molecule has 6 heteroatoms. The Labute approximate surface area is 134 Å². The van der Waals surface area contributed by atoms with Crippen LogP contribution in [0.3, 0.4) is 0 Å². The summed E-state index contributed by atoms with van der Waals surface area (Å²) in [6.07, 6.45) is 0.0666. The molecule has 0 aromatic carbocycles. The fraction of sp³-hybridized carbons (Fsp3) is 0.588. The Morgan fingerprint density at radius 3 is 2.61 bits per heavy atom. The second-order valence-electron chi connectivity index (χ2n) is 6.57. The molecular weight excluding hydrogens is 300 g/mol. The average Bonchev–Trinajstić information content (AvgIpc) is 2.78. The quantitative estimate of drug-likeness (QED) is 0.436. The van der Waals surface area contributed by atoms with Gasteiger partial charge in [0.15, 0.2) is 0 Å². The van der Waals surface area contributed by atoms with Crippen LogP contribution < -0.4 is 0 Å². The van der Waals surface area contributed by atoms with Crippen molar-refractivity contribution in [3.05, 3.63) is 24.3 Å². The van der Waals surface area contributed by atoms with E-state index in [1.807, 2.05) is 6.92 Å². The van der Waals surface area contributed by atoms with Crippen molar-refractivity contribution in [3.8, 4) is 0 Å². The van der Waals surface area contributed by atoms with E-state index in [1.165, 1.54) is 6.92 Å². The minimum Gasteiger partial charge on any atom is -0.462 e. The highest BCUT2D eigenvalue weighted by atomic mass is 16.6. The zero-order chi connectivity index (χ0) is 16.9. The number of hydrogen-bond donors (Lipinski definition) is 0. The smallest absolute Gasteiger partial charge is 0.334 e. The third-order valence-corrected chi connectivity index (χ3v) is 5.41. The number of rotatable bonds is 2. The molecule has 2 saturated heterocycles. The predicted molar refractivity (Wildman–Crippen MR) is 79.0 cm³/mol. The summed E-state index contributed by atoms with van der Waals surface area (Å²) in [6.45, 7) is 11.2. The van der Waals surface area contributed by atoms with Crippen molar-refractivity contribution in [3.63, 3.8) is 0 Å². The van der Waals surface area contributed by atoms with Gasteiger partial charge < -0.3 is 14.2 Å². The van der Waals surface area contributed by atoms with E-state index < -0.39 is 41.4 Å². The van der Waals surface area contributed by atoms with E-state index in [2.05, 4.69) is 13.2 Å². The maximum absolute atomic E-state index is 12.0. The van der Waals surface area contributed by atoms with Crippen molar-refractivity contribution in [2.45, 2.75) is 38.9 Å². The van der Waals surface area contributed by atoms with Gasteiger partial charge in [0.25, 0.3) is 0 Å². The molecule has 23 heavy (non-hydrogen) atoms. The first kappa shape index (κ1) is 15.8. The van der Waals surface area contributed by atoms with Gasteiger partial charge >= 0.3 is 17.9 Å². The largest absolute Gasteiger partial charge is 0.462 e. The fourth-order valence-electron chi connectivity index (χ4n) is 4.26. The van der Waals surface area contributed by atoms with Gasteiger partial charge in [-0.1, -0.05) is 20.1 Å². The van der Waals surface area contributed by atoms with Gasteiger partial charge in [-0.3, -0.25) is 4.79 Å². The van der Waals surface area contributed by atoms with Crippen molar-refractivity contribution in [1.82, 2.24) is 0 Å². The number of carbonyl (C=O) groups excluding carboxylic acids is 3. The molecule has 0 radical (unpaired) electrons. The maximum atomic E-state index is 12.0. The minimum absolute atomic E-state index is 0.205. The average molecular weight is 320 g/mol. The summed E-state index contributed by atoms with van der Waals surface area (Å²) in [5.74, 6) is -2.17. The monoisotopic (exact) mass is 320 g/mol. The molecule has 3 rings (SSSR count). The van der Waals surface area contributed by atoms with Crippen LogP contribution in [0.25, 0.3) is 0 Å². The van der Waals surface area contributed by atoms with E-state index in [0.29, 0.717) is 18.4 Å². The summed E-state index contributed by atoms with van der Waals surface area (Å²) in [7, 11) is 0. The molecule has 124 valence electrons. The van der Waals surface area contributed by atoms with Gasteiger partial charge in [0, 0.05) is 29.4 Å². The Kier molecular flexibility index (Phi) is 3.58. The number of esters is 3. The van der Waals surface area contributed by atoms with Crippen LogP contribution >= 0.6 is 0 Å². The van der Waals surface area contributed by atoms with Gasteiger partial charge in [-0.25, -0.2) is 9.59 Å². The summed E-state index contributed by atoms with van der Waals surface area (Å²) < 4.78 is 16.2. The Morgan fingerprint density at radius 2 is 2.00 bits per heavy atom. The molecule has 0 aromatic rings. The Morgan fingerprint density at radius 1 is 1.30 bits per heavy atom. The molecule has 0 N–H and O–H groups in total. The van der Waals surface area contributed by atoms with Crippen molar-refractivity contribution < 1.29 is 28.6 Å². The number of fused-ring (bicyclic) bond motifs is 3. The molecule has 5 atom stereocenters. The predicted octanol–water partition coefficient (Wildman–Crippen LogP) is 1.55. The Bertz CT molecular complexity index is 621. The molecular formula is C17H20O6. The van der Waals surface area contributed by atoms with Crippen LogP contribution in [-0.4, -0.2) is 36.7 Å². The number of cyclic esters (lactones) is 1. The topological polar surface area (TPSA) is 78.9 Å². The fourth-order valence-corrected chi connectivity index (χ4v) is 4.26. The summed E-state index contributed by atoms with van der Waals surface area (Å²) in [5.41, 5.74) is 0.159. The van der Waals surface area contributed by atoms with Crippen molar-refractivity contribution in [2.75, 3.05) is 6.61 Å². The van der Waals surface area contributed by atoms with Crippen LogP contribution in [-0.2, 0) is 28.6 Å². The summed E-state index contributed by atoms with van der Waals surface area (Å²) in [5, 5.41) is 0. The lowest BCUT2D eigenvalue weighted by molar-refractivity contribution is -0.184. The second-order valence-corrected chi connectivity index (χ2v) is 6.57. The van der Waals surface area contributed by atoms with Crippen LogP contribution in [0.5, 0.6) is 0 Å². The molecule has 0 bridgehead atoms. The number of hydrogen-bond acceptors (Lipinski definition) is 6. The normalized spacial score (nSPS) is 39.2. The number of ether oxygens (including phenoxy) is 3. The lowest BCUT2D eigenvalue weighted by atomic mass is 9.56. The first-order valence-electron chi connectivity index (χ1n) is 7.73.